The van der Waals surface area contributed by atoms with Gasteiger partial charge in [0.2, 0.25) is 0 Å². The van der Waals surface area contributed by atoms with Gasteiger partial charge in [0.05, 0.1) is 6.26 Å². The third-order valence-corrected chi connectivity index (χ3v) is 0.555. The average Bonchev–Trinajstić information content (AvgIpc) is 1.59. The molecule has 0 aromatic heterocycles. The molecule has 0 radical (unpaired) electrons. The standard InChI is InChI=1S/C2H5NO5S/c1-9(5,6)8-7-2(3)4/h1H3,(H2,3,4). The second-order valence-electron chi connectivity index (χ2n) is 1.17. The smallest absolute Gasteiger partial charge is 0.333 e. The maximum Gasteiger partial charge on any atom is 0.437 e. The molecule has 0 aromatic rings. The molecule has 0 saturated heterocycles. The van der Waals surface area contributed by atoms with Gasteiger partial charge in [-0.3, -0.25) is 4.89 Å². The van der Waals surface area contributed by atoms with Crippen LogP contribution in [-0.4, -0.2) is 20.8 Å². The van der Waals surface area contributed by atoms with Gasteiger partial charge in [-0.25, -0.2) is 4.79 Å². The molecule has 0 rings (SSSR count). The summed E-state index contributed by atoms with van der Waals surface area (Å²) in [5, 5.41) is 0. The topological polar surface area (TPSA) is 95.7 Å². The number of hydrogen-bond donors (Lipinski definition) is 1. The molecule has 2 N–H and O–H groups in total. The van der Waals surface area contributed by atoms with Gasteiger partial charge in [0.1, 0.15) is 0 Å². The molecule has 0 bridgehead atoms. The molecular formula is C2H5NO5S. The van der Waals surface area contributed by atoms with Gasteiger partial charge in [-0.05, 0) is 0 Å². The molecule has 0 aliphatic rings. The average molecular weight is 155 g/mol. The lowest BCUT2D eigenvalue weighted by Crippen LogP contribution is -2.16. The summed E-state index contributed by atoms with van der Waals surface area (Å²) in [5.41, 5.74) is 4.35. The Bertz CT molecular complexity index is 193. The quantitative estimate of drug-likeness (QED) is 0.406. The number of rotatable bonds is 2. The van der Waals surface area contributed by atoms with Crippen LogP contribution in [0.15, 0.2) is 0 Å². The van der Waals surface area contributed by atoms with Crippen molar-refractivity contribution in [1.82, 2.24) is 0 Å². The van der Waals surface area contributed by atoms with Gasteiger partial charge in [-0.15, -0.1) is 0 Å². The van der Waals surface area contributed by atoms with Crippen LogP contribution in [0.1, 0.15) is 0 Å². The molecule has 54 valence electrons. The molecule has 7 heteroatoms. The van der Waals surface area contributed by atoms with Crippen molar-refractivity contribution >= 4 is 16.2 Å². The van der Waals surface area contributed by atoms with Gasteiger partial charge < -0.3 is 5.73 Å². The minimum absolute atomic E-state index is 0.718. The Morgan fingerprint density at radius 2 is 2.00 bits per heavy atom. The molecule has 0 atom stereocenters. The molecule has 0 spiro atoms. The molecule has 0 heterocycles. The maximum absolute atomic E-state index is 9.98. The summed E-state index contributed by atoms with van der Waals surface area (Å²) in [6, 6.07) is 0. The fourth-order valence-electron chi connectivity index (χ4n) is 0.0953. The van der Waals surface area contributed by atoms with Crippen molar-refractivity contribution in [2.24, 2.45) is 5.73 Å². The second kappa shape index (κ2) is 2.65. The van der Waals surface area contributed by atoms with Crippen molar-refractivity contribution < 1.29 is 22.4 Å². The zero-order chi connectivity index (χ0) is 7.49. The van der Waals surface area contributed by atoms with Crippen LogP contribution in [0.25, 0.3) is 0 Å². The first-order chi connectivity index (χ1) is 3.92. The normalized spacial score (nSPS) is 10.8. The monoisotopic (exact) mass is 155 g/mol. The van der Waals surface area contributed by atoms with Gasteiger partial charge in [-0.2, -0.15) is 8.42 Å². The van der Waals surface area contributed by atoms with Crippen LogP contribution in [-0.2, 0) is 19.3 Å². The van der Waals surface area contributed by atoms with Crippen molar-refractivity contribution in [1.29, 1.82) is 0 Å². The van der Waals surface area contributed by atoms with Crippen LogP contribution >= 0.6 is 0 Å². The van der Waals surface area contributed by atoms with Crippen LogP contribution in [0, 0.1) is 0 Å². The van der Waals surface area contributed by atoms with E-state index < -0.39 is 16.2 Å². The first kappa shape index (κ1) is 8.18. The predicted octanol–water partition coefficient (Wildman–Crippen LogP) is -1.03. The summed E-state index contributed by atoms with van der Waals surface area (Å²) in [4.78, 5) is 13.1. The molecule has 0 unspecified atom stereocenters. The van der Waals surface area contributed by atoms with Gasteiger partial charge in [0, 0.05) is 0 Å². The number of amides is 1. The molecule has 0 saturated carbocycles. The SMILES string of the molecule is CS(=O)(=O)OOC(N)=O. The third-order valence-electron chi connectivity index (χ3n) is 0.240. The summed E-state index contributed by atoms with van der Waals surface area (Å²) in [6.07, 6.45) is -0.587. The van der Waals surface area contributed by atoms with Crippen LogP contribution in [0.3, 0.4) is 0 Å². The highest BCUT2D eigenvalue weighted by molar-refractivity contribution is 7.85. The number of carbonyl (C=O) groups is 1. The Balaban J connectivity index is 3.67. The Kier molecular flexibility index (Phi) is 2.41. The molecule has 0 aromatic carbocycles. The van der Waals surface area contributed by atoms with E-state index in [1.54, 1.807) is 0 Å². The van der Waals surface area contributed by atoms with Crippen LogP contribution in [0.5, 0.6) is 0 Å². The lowest BCUT2D eigenvalue weighted by atomic mass is 11.3. The van der Waals surface area contributed by atoms with E-state index in [1.165, 1.54) is 0 Å². The van der Waals surface area contributed by atoms with E-state index in [0.717, 1.165) is 6.26 Å². The van der Waals surface area contributed by atoms with E-state index >= 15 is 0 Å². The molecule has 6 nitrogen and oxygen atoms in total. The second-order valence-corrected chi connectivity index (χ2v) is 2.72. The van der Waals surface area contributed by atoms with E-state index in [0.29, 0.717) is 0 Å². The molecular weight excluding hydrogens is 150 g/mol. The molecule has 0 aliphatic carbocycles. The lowest BCUT2D eigenvalue weighted by molar-refractivity contribution is -0.131. The Hall–Kier alpha value is -0.820. The number of primary amides is 1. The minimum atomic E-state index is -3.74. The summed E-state index contributed by atoms with van der Waals surface area (Å²) >= 11 is 0. The third kappa shape index (κ3) is 7.18. The minimum Gasteiger partial charge on any atom is -0.333 e. The van der Waals surface area contributed by atoms with E-state index in [9.17, 15) is 13.2 Å². The number of hydrogen-bond acceptors (Lipinski definition) is 5. The summed E-state index contributed by atoms with van der Waals surface area (Å²) < 4.78 is 23.4. The van der Waals surface area contributed by atoms with Gasteiger partial charge in [-0.1, -0.05) is 4.33 Å². The fraction of sp³-hybridized carbons (Fsp3) is 0.500. The largest absolute Gasteiger partial charge is 0.437 e. The van der Waals surface area contributed by atoms with Crippen molar-refractivity contribution in [2.45, 2.75) is 0 Å². The van der Waals surface area contributed by atoms with Gasteiger partial charge in [0.25, 0.3) is 10.1 Å². The lowest BCUT2D eigenvalue weighted by Gasteiger charge is -1.93. The number of nitrogens with two attached hydrogens (primary N) is 1. The van der Waals surface area contributed by atoms with Gasteiger partial charge >= 0.3 is 6.09 Å². The molecule has 1 amide bonds. The summed E-state index contributed by atoms with van der Waals surface area (Å²) in [6.45, 7) is 0. The predicted molar refractivity (Wildman–Crippen MR) is 26.6 cm³/mol. The highest BCUT2D eigenvalue weighted by Crippen LogP contribution is 1.86. The van der Waals surface area contributed by atoms with Crippen molar-refractivity contribution in [3.8, 4) is 0 Å². The zero-order valence-corrected chi connectivity index (χ0v) is 5.34. The van der Waals surface area contributed by atoms with E-state index in [4.69, 9.17) is 0 Å². The molecule has 0 aliphatic heterocycles. The first-order valence-electron chi connectivity index (χ1n) is 1.77. The van der Waals surface area contributed by atoms with Crippen molar-refractivity contribution in [3.05, 3.63) is 0 Å². The zero-order valence-electron chi connectivity index (χ0n) is 4.53. The van der Waals surface area contributed by atoms with E-state index in [-0.39, 0.29) is 0 Å². The van der Waals surface area contributed by atoms with Crippen molar-refractivity contribution in [3.63, 3.8) is 0 Å². The summed E-state index contributed by atoms with van der Waals surface area (Å²) in [5.74, 6) is 0. The van der Waals surface area contributed by atoms with E-state index in [2.05, 4.69) is 15.0 Å². The Labute approximate surface area is 51.6 Å². The maximum atomic E-state index is 9.98. The van der Waals surface area contributed by atoms with Crippen LogP contribution in [0.4, 0.5) is 4.79 Å². The van der Waals surface area contributed by atoms with Gasteiger partial charge in [0.15, 0.2) is 0 Å². The highest BCUT2D eigenvalue weighted by atomic mass is 32.2. The Morgan fingerprint density at radius 1 is 1.56 bits per heavy atom. The molecule has 9 heavy (non-hydrogen) atoms. The first-order valence-corrected chi connectivity index (χ1v) is 3.59. The van der Waals surface area contributed by atoms with Crippen LogP contribution in [0.2, 0.25) is 0 Å². The summed E-state index contributed by atoms with van der Waals surface area (Å²) in [7, 11) is -3.74. The fourth-order valence-corrected chi connectivity index (χ4v) is 0.286. The molecule has 0 fully saturated rings. The van der Waals surface area contributed by atoms with Crippen molar-refractivity contribution in [2.75, 3.05) is 6.26 Å². The highest BCUT2D eigenvalue weighted by Gasteiger charge is 2.04. The van der Waals surface area contributed by atoms with Crippen LogP contribution < -0.4 is 5.73 Å². The number of carbonyl (C=O) groups excluding carboxylic acids is 1. The Morgan fingerprint density at radius 3 is 2.11 bits per heavy atom. The van der Waals surface area contributed by atoms with E-state index in [1.807, 2.05) is 0 Å².